The largest absolute Gasteiger partial charge is 0.354 e. The molecule has 2 aliphatic heterocycles. The Bertz CT molecular complexity index is 568. The third-order valence-electron chi connectivity index (χ3n) is 5.67. The number of likely N-dealkylation sites (tertiary alicyclic amines) is 2. The van der Waals surface area contributed by atoms with Crippen molar-refractivity contribution in [3.8, 4) is 0 Å². The van der Waals surface area contributed by atoms with Gasteiger partial charge in [-0.2, -0.15) is 0 Å². The maximum Gasteiger partial charge on any atom is 0.220 e. The molecule has 1 aromatic carbocycles. The summed E-state index contributed by atoms with van der Waals surface area (Å²) < 4.78 is 14.3. The number of amides is 1. The number of carbonyl (C=O) groups excluding carboxylic acids is 1. The van der Waals surface area contributed by atoms with E-state index >= 15 is 0 Å². The molecule has 2 saturated heterocycles. The fourth-order valence-electron chi connectivity index (χ4n) is 4.18. The van der Waals surface area contributed by atoms with Crippen molar-refractivity contribution >= 4 is 5.91 Å². The van der Waals surface area contributed by atoms with E-state index in [0.717, 1.165) is 38.9 Å². The lowest BCUT2D eigenvalue weighted by molar-refractivity contribution is -0.121. The van der Waals surface area contributed by atoms with Crippen LogP contribution in [0.5, 0.6) is 0 Å². The summed E-state index contributed by atoms with van der Waals surface area (Å²) in [5.41, 5.74) is 0.697. The van der Waals surface area contributed by atoms with Crippen molar-refractivity contribution in [2.75, 3.05) is 39.3 Å². The van der Waals surface area contributed by atoms with Crippen molar-refractivity contribution in [3.63, 3.8) is 0 Å². The lowest BCUT2D eigenvalue weighted by Gasteiger charge is -2.28. The van der Waals surface area contributed by atoms with Crippen LogP contribution in [0.1, 0.15) is 56.6 Å². The van der Waals surface area contributed by atoms with Crippen molar-refractivity contribution in [2.45, 2.75) is 51.0 Å². The van der Waals surface area contributed by atoms with E-state index in [1.54, 1.807) is 6.07 Å². The predicted molar refractivity (Wildman–Crippen MR) is 102 cm³/mol. The second kappa shape index (κ2) is 10.0. The molecule has 3 rings (SSSR count). The highest BCUT2D eigenvalue weighted by Gasteiger charge is 2.26. The van der Waals surface area contributed by atoms with Crippen LogP contribution in [0.2, 0.25) is 0 Å². The lowest BCUT2D eigenvalue weighted by atomic mass is 10.0. The quantitative estimate of drug-likeness (QED) is 0.771. The Morgan fingerprint density at radius 2 is 1.73 bits per heavy atom. The lowest BCUT2D eigenvalue weighted by Crippen LogP contribution is -2.37. The number of nitrogens with one attached hydrogen (secondary N) is 1. The molecule has 0 saturated carbocycles. The zero-order chi connectivity index (χ0) is 18.2. The highest BCUT2D eigenvalue weighted by Crippen LogP contribution is 2.26. The fourth-order valence-corrected chi connectivity index (χ4v) is 4.18. The number of benzene rings is 1. The molecule has 0 bridgehead atoms. The van der Waals surface area contributed by atoms with Crippen molar-refractivity contribution in [1.29, 1.82) is 0 Å². The molecule has 4 nitrogen and oxygen atoms in total. The van der Waals surface area contributed by atoms with Gasteiger partial charge in [-0.1, -0.05) is 24.6 Å². The molecule has 5 heteroatoms. The van der Waals surface area contributed by atoms with Crippen LogP contribution < -0.4 is 5.32 Å². The van der Waals surface area contributed by atoms with E-state index in [2.05, 4.69) is 15.1 Å². The predicted octanol–water partition coefficient (Wildman–Crippen LogP) is 3.34. The average molecular weight is 362 g/mol. The van der Waals surface area contributed by atoms with Gasteiger partial charge in [0.05, 0.1) is 6.04 Å². The summed E-state index contributed by atoms with van der Waals surface area (Å²) in [6.07, 6.45) is 7.66. The Balaban J connectivity index is 1.47. The summed E-state index contributed by atoms with van der Waals surface area (Å²) in [7, 11) is 0. The van der Waals surface area contributed by atoms with Crippen LogP contribution in [0.25, 0.3) is 0 Å². The maximum atomic E-state index is 14.3. The Kier molecular flexibility index (Phi) is 7.44. The molecule has 2 fully saturated rings. The molecule has 0 spiro atoms. The molecule has 0 aromatic heterocycles. The van der Waals surface area contributed by atoms with Crippen molar-refractivity contribution < 1.29 is 9.18 Å². The van der Waals surface area contributed by atoms with Gasteiger partial charge in [-0.15, -0.1) is 0 Å². The molecule has 1 amide bonds. The first-order valence-electron chi connectivity index (χ1n) is 10.2. The third kappa shape index (κ3) is 5.52. The normalized spacial score (nSPS) is 20.2. The SMILES string of the molecule is O=C(CCCN1CCCCC1)NC[C@@H](c1ccccc1F)N1CCCC1. The van der Waals surface area contributed by atoms with E-state index in [-0.39, 0.29) is 17.8 Å². The number of carbonyl (C=O) groups is 1. The van der Waals surface area contributed by atoms with Crippen molar-refractivity contribution in [1.82, 2.24) is 15.1 Å². The molecular weight excluding hydrogens is 329 g/mol. The van der Waals surface area contributed by atoms with E-state index in [0.29, 0.717) is 18.5 Å². The van der Waals surface area contributed by atoms with Crippen molar-refractivity contribution in [2.24, 2.45) is 0 Å². The third-order valence-corrected chi connectivity index (χ3v) is 5.67. The van der Waals surface area contributed by atoms with Gasteiger partial charge >= 0.3 is 0 Å². The summed E-state index contributed by atoms with van der Waals surface area (Å²) in [6, 6.07) is 6.89. The zero-order valence-electron chi connectivity index (χ0n) is 15.8. The maximum absolute atomic E-state index is 14.3. The summed E-state index contributed by atoms with van der Waals surface area (Å²) >= 11 is 0. The second-order valence-corrected chi connectivity index (χ2v) is 7.59. The number of halogens is 1. The first kappa shape index (κ1) is 19.3. The van der Waals surface area contributed by atoms with Crippen LogP contribution in [-0.2, 0) is 4.79 Å². The number of hydrogen-bond donors (Lipinski definition) is 1. The van der Waals surface area contributed by atoms with Gasteiger partial charge in [0, 0.05) is 18.5 Å². The molecule has 1 N–H and O–H groups in total. The number of rotatable bonds is 8. The van der Waals surface area contributed by atoms with E-state index in [9.17, 15) is 9.18 Å². The summed E-state index contributed by atoms with van der Waals surface area (Å²) in [5.74, 6) is -0.0914. The van der Waals surface area contributed by atoms with Gasteiger partial charge in [0.2, 0.25) is 5.91 Å². The van der Waals surface area contributed by atoms with Gasteiger partial charge < -0.3 is 10.2 Å². The van der Waals surface area contributed by atoms with Crippen LogP contribution in [-0.4, -0.2) is 55.0 Å². The Hall–Kier alpha value is -1.46. The minimum absolute atomic E-state index is 0.0651. The molecule has 0 aliphatic carbocycles. The smallest absolute Gasteiger partial charge is 0.220 e. The molecule has 2 heterocycles. The first-order valence-corrected chi connectivity index (χ1v) is 10.2. The molecule has 144 valence electrons. The number of hydrogen-bond acceptors (Lipinski definition) is 3. The van der Waals surface area contributed by atoms with E-state index < -0.39 is 0 Å². The molecular formula is C21H32FN3O. The molecule has 1 atom stereocenters. The van der Waals surface area contributed by atoms with Crippen LogP contribution in [0.4, 0.5) is 4.39 Å². The highest BCUT2D eigenvalue weighted by molar-refractivity contribution is 5.75. The van der Waals surface area contributed by atoms with Crippen molar-refractivity contribution in [3.05, 3.63) is 35.6 Å². The summed E-state index contributed by atoms with van der Waals surface area (Å²) in [6.45, 7) is 5.80. The van der Waals surface area contributed by atoms with Gasteiger partial charge in [0.15, 0.2) is 0 Å². The van der Waals surface area contributed by atoms with Crippen LogP contribution in [0, 0.1) is 5.82 Å². The molecule has 0 unspecified atom stereocenters. The zero-order valence-corrected chi connectivity index (χ0v) is 15.8. The highest BCUT2D eigenvalue weighted by atomic mass is 19.1. The van der Waals surface area contributed by atoms with Gasteiger partial charge in [-0.3, -0.25) is 9.69 Å². The Labute approximate surface area is 156 Å². The standard InChI is InChI=1S/C21H32FN3O/c22-19-10-3-2-9-18(19)20(25-15-6-7-16-25)17-23-21(26)11-8-14-24-12-4-1-5-13-24/h2-3,9-10,20H,1,4-8,11-17H2,(H,23,26)/t20-/m0/s1. The van der Waals surface area contributed by atoms with Crippen LogP contribution >= 0.6 is 0 Å². The van der Waals surface area contributed by atoms with Gasteiger partial charge in [-0.25, -0.2) is 4.39 Å². The van der Waals surface area contributed by atoms with E-state index in [1.165, 1.54) is 38.4 Å². The van der Waals surface area contributed by atoms with Gasteiger partial charge in [0.25, 0.3) is 0 Å². The fraction of sp³-hybridized carbons (Fsp3) is 0.667. The summed E-state index contributed by atoms with van der Waals surface area (Å²) in [4.78, 5) is 17.0. The van der Waals surface area contributed by atoms with Crippen LogP contribution in [0.3, 0.4) is 0 Å². The monoisotopic (exact) mass is 361 g/mol. The van der Waals surface area contributed by atoms with Gasteiger partial charge in [-0.05, 0) is 70.9 Å². The molecule has 2 aliphatic rings. The summed E-state index contributed by atoms with van der Waals surface area (Å²) in [5, 5.41) is 3.06. The molecule has 1 aromatic rings. The van der Waals surface area contributed by atoms with Gasteiger partial charge in [0.1, 0.15) is 5.82 Å². The number of nitrogens with zero attached hydrogens (tertiary/aromatic N) is 2. The average Bonchev–Trinajstić information content (AvgIpc) is 3.19. The first-order chi connectivity index (χ1) is 12.7. The van der Waals surface area contributed by atoms with Crippen LogP contribution in [0.15, 0.2) is 24.3 Å². The van der Waals surface area contributed by atoms with E-state index in [1.807, 2.05) is 12.1 Å². The Morgan fingerprint density at radius 3 is 2.46 bits per heavy atom. The Morgan fingerprint density at radius 1 is 1.04 bits per heavy atom. The number of piperidine rings is 1. The minimum Gasteiger partial charge on any atom is -0.354 e. The molecule has 26 heavy (non-hydrogen) atoms. The van der Waals surface area contributed by atoms with E-state index in [4.69, 9.17) is 0 Å². The minimum atomic E-state index is -0.177. The second-order valence-electron chi connectivity index (χ2n) is 7.59. The molecule has 0 radical (unpaired) electrons. The topological polar surface area (TPSA) is 35.6 Å².